The topological polar surface area (TPSA) is 84.0 Å². The molecule has 6 nitrogen and oxygen atoms in total. The van der Waals surface area contributed by atoms with Crippen molar-refractivity contribution < 1.29 is 9.18 Å². The first-order chi connectivity index (χ1) is 9.40. The van der Waals surface area contributed by atoms with E-state index in [9.17, 15) is 18.8 Å². The molecule has 20 heavy (non-hydrogen) atoms. The number of carbonyl (C=O) groups excluding carboxylic acids is 1. The molecule has 0 aliphatic carbocycles. The van der Waals surface area contributed by atoms with E-state index >= 15 is 0 Å². The normalized spacial score (nSPS) is 10.3. The molecule has 0 unspecified atom stereocenters. The van der Waals surface area contributed by atoms with E-state index in [0.29, 0.717) is 0 Å². The number of carbonyl (C=O) groups is 1. The number of aromatic nitrogens is 2. The van der Waals surface area contributed by atoms with Gasteiger partial charge in [-0.3, -0.25) is 14.2 Å². The molecule has 0 bridgehead atoms. The molecule has 0 saturated carbocycles. The zero-order valence-electron chi connectivity index (χ0n) is 10.2. The number of nitrogens with zero attached hydrogens (tertiary/aromatic N) is 1. The Kier molecular flexibility index (Phi) is 3.71. The van der Waals surface area contributed by atoms with Crippen molar-refractivity contribution in [2.45, 2.75) is 0 Å². The van der Waals surface area contributed by atoms with Crippen LogP contribution in [-0.2, 0) is 7.05 Å². The molecule has 8 heteroatoms. The molecular weight excluding hydrogens is 289 g/mol. The molecule has 0 aliphatic rings. The second kappa shape index (κ2) is 5.30. The Labute approximate surface area is 116 Å². The lowest BCUT2D eigenvalue weighted by Crippen LogP contribution is -2.37. The summed E-state index contributed by atoms with van der Waals surface area (Å²) in [6, 6.07) is 3.60. The standard InChI is InChI=1S/C12H9ClFN3O3/c1-17-11(19)7(5-15-12(17)20)10(18)16-6-2-3-9(14)8(13)4-6/h2-5H,1H3,(H,15,20)(H,16,18). The first-order valence-corrected chi connectivity index (χ1v) is 5.83. The quantitative estimate of drug-likeness (QED) is 0.871. The molecule has 2 rings (SSSR count). The minimum absolute atomic E-state index is 0.155. The molecule has 2 N–H and O–H groups in total. The Bertz CT molecular complexity index is 797. The number of amides is 1. The van der Waals surface area contributed by atoms with Crippen molar-refractivity contribution in [3.05, 3.63) is 61.6 Å². The molecule has 1 heterocycles. The maximum atomic E-state index is 13.0. The van der Waals surface area contributed by atoms with Crippen LogP contribution in [0.1, 0.15) is 10.4 Å². The van der Waals surface area contributed by atoms with Crippen molar-refractivity contribution in [1.29, 1.82) is 0 Å². The van der Waals surface area contributed by atoms with Gasteiger partial charge in [0.05, 0.1) is 5.02 Å². The SMILES string of the molecule is Cn1c(=O)[nH]cc(C(=O)Nc2ccc(F)c(Cl)c2)c1=O. The van der Waals surface area contributed by atoms with Crippen molar-refractivity contribution in [1.82, 2.24) is 9.55 Å². The van der Waals surface area contributed by atoms with Crippen LogP contribution in [0.2, 0.25) is 5.02 Å². The lowest BCUT2D eigenvalue weighted by molar-refractivity contribution is 0.102. The van der Waals surface area contributed by atoms with E-state index < -0.39 is 23.0 Å². The highest BCUT2D eigenvalue weighted by Crippen LogP contribution is 2.19. The van der Waals surface area contributed by atoms with Gasteiger partial charge in [-0.05, 0) is 18.2 Å². The predicted molar refractivity (Wildman–Crippen MR) is 71.7 cm³/mol. The van der Waals surface area contributed by atoms with Crippen molar-refractivity contribution >= 4 is 23.2 Å². The second-order valence-electron chi connectivity index (χ2n) is 3.95. The Morgan fingerprint density at radius 2 is 2.10 bits per heavy atom. The molecule has 104 valence electrons. The first kappa shape index (κ1) is 14.0. The van der Waals surface area contributed by atoms with Crippen LogP contribution in [0.5, 0.6) is 0 Å². The largest absolute Gasteiger partial charge is 0.328 e. The minimum atomic E-state index is -0.737. The monoisotopic (exact) mass is 297 g/mol. The highest BCUT2D eigenvalue weighted by molar-refractivity contribution is 6.31. The van der Waals surface area contributed by atoms with Crippen LogP contribution in [-0.4, -0.2) is 15.5 Å². The number of anilines is 1. The molecule has 0 aliphatic heterocycles. The minimum Gasteiger partial charge on any atom is -0.322 e. The molecule has 2 aromatic rings. The van der Waals surface area contributed by atoms with Gasteiger partial charge in [0.25, 0.3) is 11.5 Å². The van der Waals surface area contributed by atoms with Crippen LogP contribution in [0.25, 0.3) is 0 Å². The van der Waals surface area contributed by atoms with Gasteiger partial charge in [-0.2, -0.15) is 0 Å². The van der Waals surface area contributed by atoms with Crippen molar-refractivity contribution in [2.75, 3.05) is 5.32 Å². The zero-order chi connectivity index (χ0) is 14.9. The average Bonchev–Trinajstić information content (AvgIpc) is 2.40. The summed E-state index contributed by atoms with van der Waals surface area (Å²) in [6.45, 7) is 0. The summed E-state index contributed by atoms with van der Waals surface area (Å²) in [5.41, 5.74) is -1.38. The molecule has 0 spiro atoms. The maximum absolute atomic E-state index is 13.0. The molecule has 0 atom stereocenters. The van der Waals surface area contributed by atoms with Gasteiger partial charge in [0.2, 0.25) is 0 Å². The average molecular weight is 298 g/mol. The zero-order valence-corrected chi connectivity index (χ0v) is 11.0. The lowest BCUT2D eigenvalue weighted by atomic mass is 10.2. The number of halogens is 2. The maximum Gasteiger partial charge on any atom is 0.328 e. The summed E-state index contributed by atoms with van der Waals surface area (Å²) < 4.78 is 13.8. The smallest absolute Gasteiger partial charge is 0.322 e. The van der Waals surface area contributed by atoms with Crippen LogP contribution in [0, 0.1) is 5.82 Å². The summed E-state index contributed by atoms with van der Waals surface area (Å²) in [6.07, 6.45) is 1.02. The Morgan fingerprint density at radius 1 is 1.40 bits per heavy atom. The van der Waals surface area contributed by atoms with Gasteiger partial charge in [0, 0.05) is 18.9 Å². The first-order valence-electron chi connectivity index (χ1n) is 5.45. The predicted octanol–water partition coefficient (Wildman–Crippen LogP) is 1.12. The third kappa shape index (κ3) is 2.62. The number of nitrogens with one attached hydrogen (secondary N) is 2. The van der Waals surface area contributed by atoms with Crippen molar-refractivity contribution in [3.63, 3.8) is 0 Å². The lowest BCUT2D eigenvalue weighted by Gasteiger charge is -2.06. The number of rotatable bonds is 2. The van der Waals surface area contributed by atoms with E-state index in [1.54, 1.807) is 0 Å². The highest BCUT2D eigenvalue weighted by atomic mass is 35.5. The van der Waals surface area contributed by atoms with Gasteiger partial charge < -0.3 is 10.3 Å². The van der Waals surface area contributed by atoms with Crippen molar-refractivity contribution in [2.24, 2.45) is 7.05 Å². The summed E-state index contributed by atoms with van der Waals surface area (Å²) in [7, 11) is 1.24. The van der Waals surface area contributed by atoms with Crippen LogP contribution in [0.15, 0.2) is 34.0 Å². The number of benzene rings is 1. The van der Waals surface area contributed by atoms with Gasteiger partial charge in [0.1, 0.15) is 11.4 Å². The molecular formula is C12H9ClFN3O3. The van der Waals surface area contributed by atoms with Gasteiger partial charge >= 0.3 is 5.69 Å². The molecule has 0 fully saturated rings. The second-order valence-corrected chi connectivity index (χ2v) is 4.36. The summed E-state index contributed by atoms with van der Waals surface area (Å²) in [5.74, 6) is -1.35. The number of hydrogen-bond donors (Lipinski definition) is 2. The fourth-order valence-electron chi connectivity index (χ4n) is 1.50. The van der Waals surface area contributed by atoms with E-state index in [4.69, 9.17) is 11.6 Å². The number of aromatic amines is 1. The molecule has 1 amide bonds. The molecule has 1 aromatic heterocycles. The van der Waals surface area contributed by atoms with E-state index in [1.807, 2.05) is 0 Å². The summed E-state index contributed by atoms with van der Waals surface area (Å²) >= 11 is 5.58. The van der Waals surface area contributed by atoms with Crippen LogP contribution < -0.4 is 16.6 Å². The summed E-state index contributed by atoms with van der Waals surface area (Å²) in [5, 5.41) is 2.23. The van der Waals surface area contributed by atoms with Gasteiger partial charge in [-0.15, -0.1) is 0 Å². The van der Waals surface area contributed by atoms with Gasteiger partial charge in [0.15, 0.2) is 0 Å². The fourth-order valence-corrected chi connectivity index (χ4v) is 1.68. The van der Waals surface area contributed by atoms with Crippen LogP contribution in [0.4, 0.5) is 10.1 Å². The Morgan fingerprint density at radius 3 is 2.75 bits per heavy atom. The van der Waals surface area contributed by atoms with E-state index in [-0.39, 0.29) is 16.3 Å². The fraction of sp³-hybridized carbons (Fsp3) is 0.0833. The highest BCUT2D eigenvalue weighted by Gasteiger charge is 2.13. The molecule has 0 radical (unpaired) electrons. The van der Waals surface area contributed by atoms with E-state index in [0.717, 1.165) is 16.8 Å². The Balaban J connectivity index is 2.33. The van der Waals surface area contributed by atoms with Crippen LogP contribution >= 0.6 is 11.6 Å². The number of H-pyrrole nitrogens is 1. The summed E-state index contributed by atoms with van der Waals surface area (Å²) in [4.78, 5) is 37.1. The van der Waals surface area contributed by atoms with E-state index in [2.05, 4.69) is 10.3 Å². The van der Waals surface area contributed by atoms with E-state index in [1.165, 1.54) is 19.2 Å². The molecule has 0 saturated heterocycles. The number of hydrogen-bond acceptors (Lipinski definition) is 3. The van der Waals surface area contributed by atoms with Crippen molar-refractivity contribution in [3.8, 4) is 0 Å². The van der Waals surface area contributed by atoms with Gasteiger partial charge in [-0.25, -0.2) is 9.18 Å². The van der Waals surface area contributed by atoms with Gasteiger partial charge in [-0.1, -0.05) is 11.6 Å². The molecule has 1 aromatic carbocycles. The van der Waals surface area contributed by atoms with Crippen LogP contribution in [0.3, 0.4) is 0 Å². The third-order valence-electron chi connectivity index (χ3n) is 2.60. The Hall–Kier alpha value is -2.41. The third-order valence-corrected chi connectivity index (χ3v) is 2.89.